The molecular formula is C22H29FN4OS. The topological polar surface area (TPSA) is 39.7 Å². The molecule has 2 fully saturated rings. The lowest BCUT2D eigenvalue weighted by Crippen LogP contribution is -2.49. The maximum absolute atomic E-state index is 13.3. The summed E-state index contributed by atoms with van der Waals surface area (Å²) >= 11 is 1.70. The quantitative estimate of drug-likeness (QED) is 0.749. The molecule has 156 valence electrons. The smallest absolute Gasteiger partial charge is 0.227 e. The molecule has 5 nitrogen and oxygen atoms in total. The van der Waals surface area contributed by atoms with E-state index in [4.69, 9.17) is 4.98 Å². The zero-order chi connectivity index (χ0) is 20.2. The lowest BCUT2D eigenvalue weighted by Gasteiger charge is -2.34. The third kappa shape index (κ3) is 5.34. The van der Waals surface area contributed by atoms with Gasteiger partial charge in [0.05, 0.1) is 12.1 Å². The van der Waals surface area contributed by atoms with Gasteiger partial charge in [-0.3, -0.25) is 9.69 Å². The second-order valence-corrected chi connectivity index (χ2v) is 9.09. The van der Waals surface area contributed by atoms with Gasteiger partial charge in [0.1, 0.15) is 5.82 Å². The zero-order valence-corrected chi connectivity index (χ0v) is 17.8. The van der Waals surface area contributed by atoms with Crippen molar-refractivity contribution < 1.29 is 9.18 Å². The molecule has 1 amide bonds. The number of aromatic nitrogens is 1. The number of nitrogens with zero attached hydrogens (tertiary/aromatic N) is 4. The third-order valence-electron chi connectivity index (χ3n) is 5.95. The third-order valence-corrected chi connectivity index (χ3v) is 6.90. The van der Waals surface area contributed by atoms with Crippen LogP contribution in [0.4, 0.5) is 9.52 Å². The highest BCUT2D eigenvalue weighted by Crippen LogP contribution is 2.24. The molecule has 2 aliphatic heterocycles. The minimum atomic E-state index is -0.293. The maximum Gasteiger partial charge on any atom is 0.227 e. The predicted octanol–water partition coefficient (Wildman–Crippen LogP) is 3.41. The standard InChI is InChI=1S/C22H29FN4OS/c1-17-5-7-25(8-6-17)15-20-16-29-22(24-20)27-11-9-26(10-12-27)21(28)14-18-3-2-4-19(23)13-18/h2-4,13,16-17H,5-12,14-15H2,1H3. The summed E-state index contributed by atoms with van der Waals surface area (Å²) in [7, 11) is 0. The Balaban J connectivity index is 1.26. The fraction of sp³-hybridized carbons (Fsp3) is 0.545. The number of likely N-dealkylation sites (tertiary alicyclic amines) is 1. The van der Waals surface area contributed by atoms with Crippen molar-refractivity contribution >= 4 is 22.4 Å². The fourth-order valence-electron chi connectivity index (χ4n) is 4.04. The van der Waals surface area contributed by atoms with Gasteiger partial charge < -0.3 is 9.80 Å². The van der Waals surface area contributed by atoms with Crippen LogP contribution in [0.1, 0.15) is 31.0 Å². The van der Waals surface area contributed by atoms with Crippen molar-refractivity contribution in [3.05, 3.63) is 46.7 Å². The summed E-state index contributed by atoms with van der Waals surface area (Å²) in [5.74, 6) is 0.616. The molecule has 2 aliphatic rings. The van der Waals surface area contributed by atoms with Crippen LogP contribution in [-0.2, 0) is 17.8 Å². The van der Waals surface area contributed by atoms with Gasteiger partial charge in [-0.2, -0.15) is 0 Å². The Hall–Kier alpha value is -1.99. The van der Waals surface area contributed by atoms with E-state index in [1.807, 2.05) is 4.90 Å². The van der Waals surface area contributed by atoms with E-state index in [9.17, 15) is 9.18 Å². The highest BCUT2D eigenvalue weighted by Gasteiger charge is 2.23. The van der Waals surface area contributed by atoms with Crippen molar-refractivity contribution in [1.82, 2.24) is 14.8 Å². The number of anilines is 1. The van der Waals surface area contributed by atoms with E-state index in [-0.39, 0.29) is 18.1 Å². The first-order valence-electron chi connectivity index (χ1n) is 10.5. The van der Waals surface area contributed by atoms with E-state index in [0.717, 1.165) is 41.9 Å². The van der Waals surface area contributed by atoms with Crippen LogP contribution in [0.25, 0.3) is 0 Å². The van der Waals surface area contributed by atoms with Gasteiger partial charge in [0.25, 0.3) is 0 Å². The first-order valence-corrected chi connectivity index (χ1v) is 11.4. The van der Waals surface area contributed by atoms with Gasteiger partial charge in [0.15, 0.2) is 5.13 Å². The largest absolute Gasteiger partial charge is 0.345 e. The molecule has 0 saturated carbocycles. The number of hydrogen-bond acceptors (Lipinski definition) is 5. The maximum atomic E-state index is 13.3. The first-order chi connectivity index (χ1) is 14.1. The summed E-state index contributed by atoms with van der Waals surface area (Å²) in [6.45, 7) is 8.57. The van der Waals surface area contributed by atoms with Crippen LogP contribution >= 0.6 is 11.3 Å². The summed E-state index contributed by atoms with van der Waals surface area (Å²) in [6, 6.07) is 6.30. The molecule has 3 heterocycles. The van der Waals surface area contributed by atoms with Crippen molar-refractivity contribution in [3.8, 4) is 0 Å². The molecule has 0 radical (unpaired) electrons. The van der Waals surface area contributed by atoms with E-state index in [2.05, 4.69) is 22.1 Å². The van der Waals surface area contributed by atoms with Crippen LogP contribution in [0.15, 0.2) is 29.6 Å². The Bertz CT molecular complexity index is 826. The number of carbonyl (C=O) groups excluding carboxylic acids is 1. The number of carbonyl (C=O) groups is 1. The van der Waals surface area contributed by atoms with Crippen LogP contribution in [-0.4, -0.2) is 60.0 Å². The summed E-state index contributed by atoms with van der Waals surface area (Å²) in [5.41, 5.74) is 1.89. The normalized spacial score (nSPS) is 19.0. The van der Waals surface area contributed by atoms with Gasteiger partial charge in [-0.05, 0) is 49.5 Å². The molecule has 2 aromatic rings. The van der Waals surface area contributed by atoms with Crippen molar-refractivity contribution in [3.63, 3.8) is 0 Å². The average molecular weight is 417 g/mol. The van der Waals surface area contributed by atoms with Crippen LogP contribution in [0.5, 0.6) is 0 Å². The molecule has 2 saturated heterocycles. The van der Waals surface area contributed by atoms with E-state index in [0.29, 0.717) is 13.1 Å². The number of amides is 1. The number of halogens is 1. The van der Waals surface area contributed by atoms with Gasteiger partial charge in [-0.15, -0.1) is 11.3 Å². The summed E-state index contributed by atoms with van der Waals surface area (Å²) in [5, 5.41) is 3.23. The van der Waals surface area contributed by atoms with Crippen LogP contribution in [0.3, 0.4) is 0 Å². The predicted molar refractivity (Wildman–Crippen MR) is 115 cm³/mol. The molecule has 0 unspecified atom stereocenters. The van der Waals surface area contributed by atoms with Gasteiger partial charge in [-0.1, -0.05) is 19.1 Å². The van der Waals surface area contributed by atoms with E-state index in [1.165, 1.54) is 38.1 Å². The first kappa shape index (κ1) is 20.3. The van der Waals surface area contributed by atoms with Crippen LogP contribution < -0.4 is 4.90 Å². The summed E-state index contributed by atoms with van der Waals surface area (Å²) in [4.78, 5) is 24.0. The molecule has 1 aromatic carbocycles. The highest BCUT2D eigenvalue weighted by atomic mass is 32.1. The summed E-state index contributed by atoms with van der Waals surface area (Å²) < 4.78 is 13.3. The van der Waals surface area contributed by atoms with E-state index in [1.54, 1.807) is 23.5 Å². The number of benzene rings is 1. The van der Waals surface area contributed by atoms with Crippen molar-refractivity contribution in [1.29, 1.82) is 0 Å². The molecule has 0 aliphatic carbocycles. The molecule has 1 aromatic heterocycles. The van der Waals surface area contributed by atoms with Gasteiger partial charge in [-0.25, -0.2) is 9.37 Å². The number of piperidine rings is 1. The number of thiazole rings is 1. The van der Waals surface area contributed by atoms with Crippen LogP contribution in [0, 0.1) is 11.7 Å². The Labute approximate surface area is 176 Å². The number of hydrogen-bond donors (Lipinski definition) is 0. The lowest BCUT2D eigenvalue weighted by atomic mass is 9.99. The Morgan fingerprint density at radius 2 is 1.93 bits per heavy atom. The monoisotopic (exact) mass is 416 g/mol. The Morgan fingerprint density at radius 1 is 1.17 bits per heavy atom. The molecule has 7 heteroatoms. The second kappa shape index (κ2) is 9.22. The molecule has 0 N–H and O–H groups in total. The average Bonchev–Trinajstić information content (AvgIpc) is 3.18. The van der Waals surface area contributed by atoms with Gasteiger partial charge in [0, 0.05) is 38.1 Å². The molecule has 0 bridgehead atoms. The molecule has 0 spiro atoms. The summed E-state index contributed by atoms with van der Waals surface area (Å²) in [6.07, 6.45) is 2.82. The van der Waals surface area contributed by atoms with E-state index < -0.39 is 0 Å². The van der Waals surface area contributed by atoms with Gasteiger partial charge >= 0.3 is 0 Å². The second-order valence-electron chi connectivity index (χ2n) is 8.25. The SMILES string of the molecule is CC1CCN(Cc2csc(N3CCN(C(=O)Cc4cccc(F)c4)CC3)n2)CC1. The molecule has 4 rings (SSSR count). The Morgan fingerprint density at radius 3 is 2.66 bits per heavy atom. The fourth-order valence-corrected chi connectivity index (χ4v) is 4.91. The molecule has 0 atom stereocenters. The highest BCUT2D eigenvalue weighted by molar-refractivity contribution is 7.13. The number of rotatable bonds is 5. The van der Waals surface area contributed by atoms with Crippen LogP contribution in [0.2, 0.25) is 0 Å². The lowest BCUT2D eigenvalue weighted by molar-refractivity contribution is -0.130. The number of piperazine rings is 1. The molecule has 29 heavy (non-hydrogen) atoms. The van der Waals surface area contributed by atoms with Crippen molar-refractivity contribution in [2.24, 2.45) is 5.92 Å². The van der Waals surface area contributed by atoms with E-state index >= 15 is 0 Å². The Kier molecular flexibility index (Phi) is 6.45. The van der Waals surface area contributed by atoms with Crippen molar-refractivity contribution in [2.45, 2.75) is 32.7 Å². The minimum Gasteiger partial charge on any atom is -0.345 e. The van der Waals surface area contributed by atoms with Crippen molar-refractivity contribution in [2.75, 3.05) is 44.2 Å². The van der Waals surface area contributed by atoms with Gasteiger partial charge in [0.2, 0.25) is 5.91 Å². The zero-order valence-electron chi connectivity index (χ0n) is 17.0. The molecular weight excluding hydrogens is 387 g/mol. The minimum absolute atomic E-state index is 0.0643.